The lowest BCUT2D eigenvalue weighted by molar-refractivity contribution is -0.134. The number of halogens is 1. The molecule has 3 amide bonds. The Balaban J connectivity index is 1.42. The average Bonchev–Trinajstić information content (AvgIpc) is 2.63. The molecule has 1 N–H and O–H groups in total. The van der Waals surface area contributed by atoms with Gasteiger partial charge >= 0.3 is 6.03 Å². The zero-order valence-electron chi connectivity index (χ0n) is 15.3. The lowest BCUT2D eigenvalue weighted by atomic mass is 9.93. The van der Waals surface area contributed by atoms with Crippen LogP contribution in [0.5, 0.6) is 0 Å². The standard InChI is InChI=1S/C19H27FN4O2/c1-22-9-11-23(12-10-22)18(25)13-15-5-7-24(8-6-15)19(26)21-17-4-2-3-16(20)14-17/h2-4,14-15H,5-13H2,1H3,(H,21,26). The number of carbonyl (C=O) groups excluding carboxylic acids is 2. The molecule has 0 saturated carbocycles. The van der Waals surface area contributed by atoms with Crippen LogP contribution in [0.25, 0.3) is 0 Å². The van der Waals surface area contributed by atoms with Crippen LogP contribution in [0.3, 0.4) is 0 Å². The van der Waals surface area contributed by atoms with E-state index in [2.05, 4.69) is 17.3 Å². The van der Waals surface area contributed by atoms with Crippen LogP contribution in [0.1, 0.15) is 19.3 Å². The van der Waals surface area contributed by atoms with Crippen molar-refractivity contribution in [3.8, 4) is 0 Å². The molecule has 1 aromatic rings. The molecule has 2 fully saturated rings. The number of nitrogens with one attached hydrogen (secondary N) is 1. The third kappa shape index (κ3) is 4.94. The van der Waals surface area contributed by atoms with Crippen LogP contribution in [0.2, 0.25) is 0 Å². The summed E-state index contributed by atoms with van der Waals surface area (Å²) < 4.78 is 13.2. The molecule has 0 aromatic heterocycles. The minimum Gasteiger partial charge on any atom is -0.340 e. The molecule has 2 aliphatic heterocycles. The summed E-state index contributed by atoms with van der Waals surface area (Å²) in [5, 5.41) is 2.73. The highest BCUT2D eigenvalue weighted by Crippen LogP contribution is 2.22. The summed E-state index contributed by atoms with van der Waals surface area (Å²) in [6.45, 7) is 4.74. The second kappa shape index (κ2) is 8.49. The van der Waals surface area contributed by atoms with E-state index >= 15 is 0 Å². The molecule has 1 aromatic carbocycles. The van der Waals surface area contributed by atoms with E-state index in [1.807, 2.05) is 4.90 Å². The van der Waals surface area contributed by atoms with Crippen LogP contribution in [0.15, 0.2) is 24.3 Å². The summed E-state index contributed by atoms with van der Waals surface area (Å²) in [6, 6.07) is 5.68. The molecule has 0 atom stereocenters. The minimum absolute atomic E-state index is 0.209. The van der Waals surface area contributed by atoms with Crippen molar-refractivity contribution in [2.75, 3.05) is 51.6 Å². The Kier molecular flexibility index (Phi) is 6.08. The van der Waals surface area contributed by atoms with Crippen molar-refractivity contribution in [3.05, 3.63) is 30.1 Å². The zero-order chi connectivity index (χ0) is 18.5. The summed E-state index contributed by atoms with van der Waals surface area (Å²) in [4.78, 5) is 30.7. The normalized spacial score (nSPS) is 19.5. The molecular formula is C19H27FN4O2. The lowest BCUT2D eigenvalue weighted by Gasteiger charge is -2.35. The molecule has 142 valence electrons. The summed E-state index contributed by atoms with van der Waals surface area (Å²) in [7, 11) is 2.08. The number of hydrogen-bond donors (Lipinski definition) is 1. The van der Waals surface area contributed by atoms with Crippen molar-refractivity contribution >= 4 is 17.6 Å². The van der Waals surface area contributed by atoms with Gasteiger partial charge in [0.05, 0.1) is 0 Å². The first-order valence-electron chi connectivity index (χ1n) is 9.29. The highest BCUT2D eigenvalue weighted by Gasteiger charge is 2.27. The van der Waals surface area contributed by atoms with Gasteiger partial charge in [-0.1, -0.05) is 6.07 Å². The largest absolute Gasteiger partial charge is 0.340 e. The Morgan fingerprint density at radius 3 is 2.42 bits per heavy atom. The van der Waals surface area contributed by atoms with E-state index in [1.165, 1.54) is 12.1 Å². The molecule has 3 rings (SSSR count). The predicted octanol–water partition coefficient (Wildman–Crippen LogP) is 2.23. The van der Waals surface area contributed by atoms with Gasteiger partial charge in [-0.25, -0.2) is 9.18 Å². The van der Waals surface area contributed by atoms with Gasteiger partial charge in [0.1, 0.15) is 5.82 Å². The van der Waals surface area contributed by atoms with E-state index < -0.39 is 0 Å². The summed E-state index contributed by atoms with van der Waals surface area (Å²) in [5.74, 6) is 0.199. The molecule has 26 heavy (non-hydrogen) atoms. The maximum absolute atomic E-state index is 13.2. The van der Waals surface area contributed by atoms with Crippen LogP contribution >= 0.6 is 0 Å². The quantitative estimate of drug-likeness (QED) is 0.897. The maximum Gasteiger partial charge on any atom is 0.321 e. The number of carbonyl (C=O) groups is 2. The number of piperidine rings is 1. The van der Waals surface area contributed by atoms with E-state index in [9.17, 15) is 14.0 Å². The molecule has 6 nitrogen and oxygen atoms in total. The Morgan fingerprint density at radius 2 is 1.77 bits per heavy atom. The first-order chi connectivity index (χ1) is 12.5. The van der Waals surface area contributed by atoms with Crippen LogP contribution in [-0.2, 0) is 4.79 Å². The van der Waals surface area contributed by atoms with Crippen molar-refractivity contribution in [3.63, 3.8) is 0 Å². The molecular weight excluding hydrogens is 335 g/mol. The molecule has 0 radical (unpaired) electrons. The van der Waals surface area contributed by atoms with Gasteiger partial charge in [0.15, 0.2) is 0 Å². The lowest BCUT2D eigenvalue weighted by Crippen LogP contribution is -2.48. The molecule has 2 saturated heterocycles. The summed E-state index contributed by atoms with van der Waals surface area (Å²) in [6.07, 6.45) is 2.23. The number of anilines is 1. The van der Waals surface area contributed by atoms with Crippen LogP contribution in [0, 0.1) is 11.7 Å². The van der Waals surface area contributed by atoms with Crippen LogP contribution < -0.4 is 5.32 Å². The van der Waals surface area contributed by atoms with Crippen molar-refractivity contribution in [1.82, 2.24) is 14.7 Å². The van der Waals surface area contributed by atoms with E-state index in [0.29, 0.717) is 31.1 Å². The number of nitrogens with zero attached hydrogens (tertiary/aromatic N) is 3. The second-order valence-electron chi connectivity index (χ2n) is 7.26. The predicted molar refractivity (Wildman–Crippen MR) is 98.4 cm³/mol. The number of likely N-dealkylation sites (tertiary alicyclic amines) is 1. The SMILES string of the molecule is CN1CCN(C(=O)CC2CCN(C(=O)Nc3cccc(F)c3)CC2)CC1. The van der Waals surface area contributed by atoms with Crippen molar-refractivity contribution in [2.45, 2.75) is 19.3 Å². The monoisotopic (exact) mass is 362 g/mol. The highest BCUT2D eigenvalue weighted by molar-refractivity contribution is 5.89. The van der Waals surface area contributed by atoms with Crippen molar-refractivity contribution in [2.24, 2.45) is 5.92 Å². The average molecular weight is 362 g/mol. The molecule has 0 aliphatic carbocycles. The second-order valence-corrected chi connectivity index (χ2v) is 7.26. The Hall–Kier alpha value is -2.15. The molecule has 7 heteroatoms. The van der Waals surface area contributed by atoms with Gasteiger partial charge < -0.3 is 20.0 Å². The third-order valence-corrected chi connectivity index (χ3v) is 5.30. The van der Waals surface area contributed by atoms with Gasteiger partial charge in [-0.05, 0) is 44.0 Å². The zero-order valence-corrected chi connectivity index (χ0v) is 15.3. The van der Waals surface area contributed by atoms with Crippen LogP contribution in [0.4, 0.5) is 14.9 Å². The molecule has 2 aliphatic rings. The molecule has 0 bridgehead atoms. The molecule has 0 unspecified atom stereocenters. The number of hydrogen-bond acceptors (Lipinski definition) is 3. The smallest absolute Gasteiger partial charge is 0.321 e. The fourth-order valence-electron chi connectivity index (χ4n) is 3.54. The maximum atomic E-state index is 13.2. The van der Waals surface area contributed by atoms with E-state index in [4.69, 9.17) is 0 Å². The fourth-order valence-corrected chi connectivity index (χ4v) is 3.54. The van der Waals surface area contributed by atoms with E-state index in [1.54, 1.807) is 17.0 Å². The summed E-state index contributed by atoms with van der Waals surface area (Å²) in [5.41, 5.74) is 0.461. The topological polar surface area (TPSA) is 55.9 Å². The van der Waals surface area contributed by atoms with Gasteiger partial charge in [-0.15, -0.1) is 0 Å². The Bertz CT molecular complexity index is 638. The number of urea groups is 1. The first kappa shape index (κ1) is 18.6. The fraction of sp³-hybridized carbons (Fsp3) is 0.579. The van der Waals surface area contributed by atoms with Crippen LogP contribution in [-0.4, -0.2) is 73.0 Å². The number of amides is 3. The highest BCUT2D eigenvalue weighted by atomic mass is 19.1. The van der Waals surface area contributed by atoms with Crippen molar-refractivity contribution < 1.29 is 14.0 Å². The minimum atomic E-state index is -0.371. The summed E-state index contributed by atoms with van der Waals surface area (Å²) >= 11 is 0. The first-order valence-corrected chi connectivity index (χ1v) is 9.29. The Morgan fingerprint density at radius 1 is 1.08 bits per heavy atom. The van der Waals surface area contributed by atoms with Gasteiger partial charge in [0, 0.05) is 51.4 Å². The third-order valence-electron chi connectivity index (χ3n) is 5.30. The van der Waals surface area contributed by atoms with E-state index in [-0.39, 0.29) is 17.8 Å². The Labute approximate surface area is 153 Å². The van der Waals surface area contributed by atoms with Gasteiger partial charge in [0.2, 0.25) is 5.91 Å². The van der Waals surface area contributed by atoms with E-state index in [0.717, 1.165) is 39.0 Å². The molecule has 2 heterocycles. The number of rotatable bonds is 3. The van der Waals surface area contributed by atoms with Gasteiger partial charge in [-0.2, -0.15) is 0 Å². The number of benzene rings is 1. The number of piperazine rings is 1. The molecule has 0 spiro atoms. The van der Waals surface area contributed by atoms with Gasteiger partial charge in [-0.3, -0.25) is 4.79 Å². The van der Waals surface area contributed by atoms with Crippen molar-refractivity contribution in [1.29, 1.82) is 0 Å². The van der Waals surface area contributed by atoms with Gasteiger partial charge in [0.25, 0.3) is 0 Å². The number of likely N-dealkylation sites (N-methyl/N-ethyl adjacent to an activating group) is 1.